The van der Waals surface area contributed by atoms with E-state index in [1.807, 2.05) is 0 Å². The van der Waals surface area contributed by atoms with Crippen LogP contribution < -0.4 is 0 Å². The molecular formula is C20H18FN3O10. The van der Waals surface area contributed by atoms with Crippen molar-refractivity contribution in [3.8, 4) is 0 Å². The highest BCUT2D eigenvalue weighted by Crippen LogP contribution is 2.17. The molecule has 2 aromatic rings. The number of benzene rings is 2. The van der Waals surface area contributed by atoms with Crippen LogP contribution in [0.15, 0.2) is 53.7 Å². The van der Waals surface area contributed by atoms with Gasteiger partial charge in [0.2, 0.25) is 0 Å². The molecule has 0 aliphatic heterocycles. The summed E-state index contributed by atoms with van der Waals surface area (Å²) in [4.78, 5) is 48.9. The summed E-state index contributed by atoms with van der Waals surface area (Å²) in [5.74, 6) is -2.09. The van der Waals surface area contributed by atoms with Gasteiger partial charge in [-0.1, -0.05) is 5.16 Å². The Morgan fingerprint density at radius 3 is 1.91 bits per heavy atom. The van der Waals surface area contributed by atoms with E-state index >= 15 is 0 Å². The van der Waals surface area contributed by atoms with E-state index in [9.17, 15) is 39.3 Å². The number of nitrogens with zero attached hydrogens (tertiary/aromatic N) is 3. The Morgan fingerprint density at radius 1 is 1.00 bits per heavy atom. The fourth-order valence-electron chi connectivity index (χ4n) is 2.53. The van der Waals surface area contributed by atoms with Crippen LogP contribution in [-0.2, 0) is 14.3 Å². The number of alkyl halides is 1. The van der Waals surface area contributed by atoms with Gasteiger partial charge in [0.25, 0.3) is 11.4 Å². The number of carbonyl (C=O) groups excluding carboxylic acids is 2. The van der Waals surface area contributed by atoms with E-state index in [0.29, 0.717) is 6.21 Å². The molecule has 0 spiro atoms. The van der Waals surface area contributed by atoms with Gasteiger partial charge in [0.15, 0.2) is 12.3 Å². The number of ether oxygens (including phenoxy) is 2. The number of rotatable bonds is 11. The fourth-order valence-corrected chi connectivity index (χ4v) is 2.53. The second-order valence-corrected chi connectivity index (χ2v) is 6.53. The van der Waals surface area contributed by atoms with Crippen LogP contribution in [0.4, 0.5) is 15.8 Å². The number of halogens is 1. The summed E-state index contributed by atoms with van der Waals surface area (Å²) in [5.41, 5.74) is -0.786. The molecule has 0 saturated heterocycles. The number of esters is 2. The lowest BCUT2D eigenvalue weighted by Crippen LogP contribution is -2.43. The van der Waals surface area contributed by atoms with E-state index in [1.54, 1.807) is 0 Å². The minimum Gasteiger partial charge on any atom is -0.459 e. The van der Waals surface area contributed by atoms with Crippen molar-refractivity contribution in [2.45, 2.75) is 18.4 Å². The van der Waals surface area contributed by atoms with Crippen LogP contribution in [0, 0.1) is 20.2 Å². The highest BCUT2D eigenvalue weighted by Gasteiger charge is 2.33. The van der Waals surface area contributed by atoms with Crippen molar-refractivity contribution in [1.82, 2.24) is 0 Å². The van der Waals surface area contributed by atoms with E-state index in [2.05, 4.69) is 9.99 Å². The number of nitro benzene ring substituents is 2. The van der Waals surface area contributed by atoms with Gasteiger partial charge in [-0.15, -0.1) is 0 Å². The molecule has 14 heteroatoms. The van der Waals surface area contributed by atoms with Crippen molar-refractivity contribution in [3.63, 3.8) is 0 Å². The molecule has 0 unspecified atom stereocenters. The standard InChI is InChI=1S/C20H18FN3O10/c1-32-22-10-16(21)18(34-20(27)13-4-8-15(9-5-13)24(30)31)17(25)11-33-19(26)12-2-6-14(7-3-12)23(28)29/h2-10,16-18,25H,11H2,1H3/b22-10-/t16-,17-,18+/m1/s1. The number of hydrogen-bond donors (Lipinski definition) is 1. The van der Waals surface area contributed by atoms with E-state index in [-0.39, 0.29) is 22.5 Å². The first-order chi connectivity index (χ1) is 16.1. The summed E-state index contributed by atoms with van der Waals surface area (Å²) in [6.07, 6.45) is -5.33. The molecule has 3 atom stereocenters. The molecule has 180 valence electrons. The first kappa shape index (κ1) is 25.8. The van der Waals surface area contributed by atoms with Crippen LogP contribution >= 0.6 is 0 Å². The van der Waals surface area contributed by atoms with Gasteiger partial charge in [0, 0.05) is 24.3 Å². The summed E-state index contributed by atoms with van der Waals surface area (Å²) in [6, 6.07) is 8.62. The van der Waals surface area contributed by atoms with E-state index in [1.165, 1.54) is 0 Å². The molecule has 0 heterocycles. The minimum absolute atomic E-state index is 0.0741. The first-order valence-electron chi connectivity index (χ1n) is 9.39. The maximum Gasteiger partial charge on any atom is 0.338 e. The monoisotopic (exact) mass is 479 g/mol. The van der Waals surface area contributed by atoms with Crippen LogP contribution in [0.1, 0.15) is 20.7 Å². The molecule has 2 aromatic carbocycles. The van der Waals surface area contributed by atoms with E-state index in [4.69, 9.17) is 9.47 Å². The molecule has 1 N–H and O–H groups in total. The van der Waals surface area contributed by atoms with E-state index < -0.39 is 46.8 Å². The third-order valence-electron chi connectivity index (χ3n) is 4.26. The summed E-state index contributed by atoms with van der Waals surface area (Å²) in [5, 5.41) is 34.9. The zero-order valence-electron chi connectivity index (χ0n) is 17.5. The van der Waals surface area contributed by atoms with Crippen LogP contribution in [-0.4, -0.2) is 65.2 Å². The largest absolute Gasteiger partial charge is 0.459 e. The second kappa shape index (κ2) is 12.0. The first-order valence-corrected chi connectivity index (χ1v) is 9.39. The molecule has 0 amide bonds. The van der Waals surface area contributed by atoms with Gasteiger partial charge >= 0.3 is 11.9 Å². The highest BCUT2D eigenvalue weighted by molar-refractivity contribution is 5.90. The van der Waals surface area contributed by atoms with Gasteiger partial charge < -0.3 is 19.4 Å². The average Bonchev–Trinajstić information content (AvgIpc) is 2.83. The van der Waals surface area contributed by atoms with Crippen LogP contribution in [0.25, 0.3) is 0 Å². The van der Waals surface area contributed by atoms with Crippen LogP contribution in [0.5, 0.6) is 0 Å². The predicted octanol–water partition coefficient (Wildman–Crippen LogP) is 2.22. The van der Waals surface area contributed by atoms with Gasteiger partial charge in [-0.3, -0.25) is 20.2 Å². The van der Waals surface area contributed by atoms with Crippen molar-refractivity contribution in [1.29, 1.82) is 0 Å². The smallest absolute Gasteiger partial charge is 0.338 e. The predicted molar refractivity (Wildman–Crippen MR) is 112 cm³/mol. The van der Waals surface area contributed by atoms with Gasteiger partial charge in [-0.2, -0.15) is 0 Å². The van der Waals surface area contributed by atoms with Crippen molar-refractivity contribution < 1.29 is 43.2 Å². The third kappa shape index (κ3) is 7.03. The number of nitro groups is 2. The lowest BCUT2D eigenvalue weighted by molar-refractivity contribution is -0.385. The topological polar surface area (TPSA) is 181 Å². The summed E-state index contributed by atoms with van der Waals surface area (Å²) < 4.78 is 24.4. The Hall–Kier alpha value is -4.46. The number of aliphatic hydroxyl groups is 1. The van der Waals surface area contributed by atoms with Gasteiger partial charge in [0.1, 0.15) is 19.8 Å². The second-order valence-electron chi connectivity index (χ2n) is 6.53. The minimum atomic E-state index is -2.19. The molecule has 0 aliphatic rings. The molecule has 0 saturated carbocycles. The Balaban J connectivity index is 2.10. The SMILES string of the molecule is CO/N=C\[C@@H](F)[C@H](OC(=O)c1ccc([N+](=O)[O-])cc1)[C@H](O)COC(=O)c1ccc([N+](=O)[O-])cc1. The summed E-state index contributed by atoms with van der Waals surface area (Å²) in [7, 11) is 1.13. The maximum absolute atomic E-state index is 14.6. The normalized spacial score (nSPS) is 13.5. The zero-order valence-corrected chi connectivity index (χ0v) is 17.5. The van der Waals surface area contributed by atoms with Crippen LogP contribution in [0.2, 0.25) is 0 Å². The van der Waals surface area contributed by atoms with Crippen molar-refractivity contribution in [2.75, 3.05) is 13.7 Å². The van der Waals surface area contributed by atoms with Gasteiger partial charge in [-0.25, -0.2) is 14.0 Å². The lowest BCUT2D eigenvalue weighted by Gasteiger charge is -2.24. The van der Waals surface area contributed by atoms with Crippen LogP contribution in [0.3, 0.4) is 0 Å². The number of carbonyl (C=O) groups is 2. The number of aliphatic hydroxyl groups excluding tert-OH is 1. The highest BCUT2D eigenvalue weighted by atomic mass is 19.1. The van der Waals surface area contributed by atoms with Gasteiger partial charge in [0.05, 0.1) is 27.2 Å². The van der Waals surface area contributed by atoms with Gasteiger partial charge in [-0.05, 0) is 24.3 Å². The Morgan fingerprint density at radius 2 is 1.47 bits per heavy atom. The number of hydrogen-bond acceptors (Lipinski definition) is 11. The molecule has 13 nitrogen and oxygen atoms in total. The fraction of sp³-hybridized carbons (Fsp3) is 0.250. The quantitative estimate of drug-likeness (QED) is 0.217. The Labute approximate surface area is 190 Å². The third-order valence-corrected chi connectivity index (χ3v) is 4.26. The molecule has 0 bridgehead atoms. The zero-order chi connectivity index (χ0) is 25.3. The molecule has 34 heavy (non-hydrogen) atoms. The molecule has 0 aliphatic carbocycles. The maximum atomic E-state index is 14.6. The lowest BCUT2D eigenvalue weighted by atomic mass is 10.1. The molecule has 2 rings (SSSR count). The average molecular weight is 479 g/mol. The number of oxime groups is 1. The molecule has 0 fully saturated rings. The molecular weight excluding hydrogens is 461 g/mol. The Bertz CT molecular complexity index is 1060. The number of non-ortho nitro benzene ring substituents is 2. The van der Waals surface area contributed by atoms with Crippen molar-refractivity contribution in [2.24, 2.45) is 5.16 Å². The van der Waals surface area contributed by atoms with E-state index in [0.717, 1.165) is 55.6 Å². The summed E-state index contributed by atoms with van der Waals surface area (Å²) in [6.45, 7) is -0.810. The summed E-state index contributed by atoms with van der Waals surface area (Å²) >= 11 is 0. The Kier molecular flexibility index (Phi) is 9.08. The molecule has 0 radical (unpaired) electrons. The van der Waals surface area contributed by atoms with Crippen molar-refractivity contribution in [3.05, 3.63) is 79.9 Å². The van der Waals surface area contributed by atoms with Crippen molar-refractivity contribution >= 4 is 29.5 Å². The molecule has 0 aromatic heterocycles.